The standard InChI is InChI=1S/C15H20N2O4/c1-20-8-9-21-7-5-17-15(19)14-10-13(11-16-12-14)4-2-3-6-18/h10-12,18H,3,5-9H2,1H3,(H,17,19). The van der Waals surface area contributed by atoms with E-state index >= 15 is 0 Å². The van der Waals surface area contributed by atoms with Gasteiger partial charge in [0.25, 0.3) is 5.91 Å². The van der Waals surface area contributed by atoms with Gasteiger partial charge in [-0.2, -0.15) is 0 Å². The Labute approximate surface area is 124 Å². The van der Waals surface area contributed by atoms with Crippen molar-refractivity contribution in [3.8, 4) is 11.8 Å². The summed E-state index contributed by atoms with van der Waals surface area (Å²) in [5, 5.41) is 11.4. The van der Waals surface area contributed by atoms with Crippen LogP contribution in [-0.4, -0.2) is 56.1 Å². The zero-order chi connectivity index (χ0) is 15.3. The number of aromatic nitrogens is 1. The second-order valence-corrected chi connectivity index (χ2v) is 4.10. The second kappa shape index (κ2) is 10.8. The summed E-state index contributed by atoms with van der Waals surface area (Å²) in [7, 11) is 1.61. The molecule has 0 aliphatic heterocycles. The molecule has 1 aromatic heterocycles. The minimum absolute atomic E-state index is 0.0175. The van der Waals surface area contributed by atoms with Crippen LogP contribution in [0.2, 0.25) is 0 Å². The number of hydrogen-bond acceptors (Lipinski definition) is 5. The first kappa shape index (κ1) is 17.1. The number of hydrogen-bond donors (Lipinski definition) is 2. The predicted molar refractivity (Wildman–Crippen MR) is 77.8 cm³/mol. The topological polar surface area (TPSA) is 80.7 Å². The van der Waals surface area contributed by atoms with Crippen LogP contribution in [-0.2, 0) is 9.47 Å². The average molecular weight is 292 g/mol. The molecule has 6 heteroatoms. The Morgan fingerprint density at radius 2 is 2.24 bits per heavy atom. The molecule has 1 aromatic rings. The third-order valence-corrected chi connectivity index (χ3v) is 2.43. The van der Waals surface area contributed by atoms with Crippen molar-refractivity contribution in [2.24, 2.45) is 0 Å². The number of carbonyl (C=O) groups excluding carboxylic acids is 1. The fourth-order valence-electron chi connectivity index (χ4n) is 1.44. The smallest absolute Gasteiger partial charge is 0.252 e. The number of aliphatic hydroxyl groups excluding tert-OH is 1. The minimum atomic E-state index is -0.219. The molecule has 0 bridgehead atoms. The zero-order valence-corrected chi connectivity index (χ0v) is 12.1. The normalized spacial score (nSPS) is 9.81. The number of pyridine rings is 1. The van der Waals surface area contributed by atoms with Crippen LogP contribution in [0.15, 0.2) is 18.5 Å². The van der Waals surface area contributed by atoms with E-state index in [1.54, 1.807) is 19.4 Å². The molecule has 21 heavy (non-hydrogen) atoms. The predicted octanol–water partition coefficient (Wildman–Crippen LogP) is 0.208. The number of carbonyl (C=O) groups is 1. The lowest BCUT2D eigenvalue weighted by Gasteiger charge is -2.06. The van der Waals surface area contributed by atoms with Gasteiger partial charge in [-0.05, 0) is 6.07 Å². The molecule has 0 unspecified atom stereocenters. The highest BCUT2D eigenvalue weighted by atomic mass is 16.5. The third kappa shape index (κ3) is 7.42. The number of rotatable bonds is 8. The largest absolute Gasteiger partial charge is 0.395 e. The van der Waals surface area contributed by atoms with Gasteiger partial charge < -0.3 is 19.9 Å². The molecule has 114 valence electrons. The molecule has 6 nitrogen and oxygen atoms in total. The fraction of sp³-hybridized carbons (Fsp3) is 0.467. The van der Waals surface area contributed by atoms with Gasteiger partial charge in [0, 0.05) is 38.0 Å². The lowest BCUT2D eigenvalue weighted by molar-refractivity contribution is 0.0692. The molecular weight excluding hydrogens is 272 g/mol. The summed E-state index contributed by atoms with van der Waals surface area (Å²) in [6.45, 7) is 1.90. The van der Waals surface area contributed by atoms with Crippen molar-refractivity contribution >= 4 is 5.91 Å². The first-order chi connectivity index (χ1) is 10.3. The summed E-state index contributed by atoms with van der Waals surface area (Å²) in [5.41, 5.74) is 1.09. The number of nitrogens with one attached hydrogen (secondary N) is 1. The SMILES string of the molecule is COCCOCCNC(=O)c1cncc(C#CCCO)c1. The van der Waals surface area contributed by atoms with Crippen LogP contribution in [0.5, 0.6) is 0 Å². The van der Waals surface area contributed by atoms with Crippen molar-refractivity contribution in [2.75, 3.05) is 40.1 Å². The first-order valence-corrected chi connectivity index (χ1v) is 6.67. The molecule has 0 radical (unpaired) electrons. The van der Waals surface area contributed by atoms with E-state index in [1.165, 1.54) is 6.20 Å². The first-order valence-electron chi connectivity index (χ1n) is 6.67. The van der Waals surface area contributed by atoms with Crippen molar-refractivity contribution in [3.63, 3.8) is 0 Å². The molecule has 0 spiro atoms. The maximum atomic E-state index is 11.9. The Morgan fingerprint density at radius 3 is 3.00 bits per heavy atom. The van der Waals surface area contributed by atoms with Crippen LogP contribution < -0.4 is 5.32 Å². The maximum Gasteiger partial charge on any atom is 0.252 e. The summed E-state index contributed by atoms with van der Waals surface area (Å²) in [5.74, 6) is 5.41. The quantitative estimate of drug-likeness (QED) is 0.529. The molecule has 1 rings (SSSR count). The van der Waals surface area contributed by atoms with Gasteiger partial charge in [0.1, 0.15) is 0 Å². The Hall–Kier alpha value is -1.94. The van der Waals surface area contributed by atoms with Gasteiger partial charge in [0.2, 0.25) is 0 Å². The minimum Gasteiger partial charge on any atom is -0.395 e. The highest BCUT2D eigenvalue weighted by Crippen LogP contribution is 2.01. The average Bonchev–Trinajstić information content (AvgIpc) is 2.51. The second-order valence-electron chi connectivity index (χ2n) is 4.10. The summed E-state index contributed by atoms with van der Waals surface area (Å²) >= 11 is 0. The van der Waals surface area contributed by atoms with Crippen molar-refractivity contribution in [2.45, 2.75) is 6.42 Å². The lowest BCUT2D eigenvalue weighted by Crippen LogP contribution is -2.27. The summed E-state index contributed by atoms with van der Waals surface area (Å²) in [6, 6.07) is 1.67. The Balaban J connectivity index is 2.40. The van der Waals surface area contributed by atoms with E-state index in [9.17, 15) is 4.79 Å². The van der Waals surface area contributed by atoms with Gasteiger partial charge in [-0.25, -0.2) is 0 Å². The van der Waals surface area contributed by atoms with Crippen LogP contribution in [0.25, 0.3) is 0 Å². The van der Waals surface area contributed by atoms with E-state index in [1.807, 2.05) is 0 Å². The van der Waals surface area contributed by atoms with Gasteiger partial charge >= 0.3 is 0 Å². The van der Waals surface area contributed by atoms with Gasteiger partial charge in [0.05, 0.1) is 32.0 Å². The molecule has 2 N–H and O–H groups in total. The molecule has 0 saturated carbocycles. The van der Waals surface area contributed by atoms with Crippen molar-refractivity contribution in [1.29, 1.82) is 0 Å². The Kier molecular flexibility index (Phi) is 8.80. The molecule has 0 aliphatic rings. The van der Waals surface area contributed by atoms with Crippen molar-refractivity contribution in [3.05, 3.63) is 29.6 Å². The fourth-order valence-corrected chi connectivity index (χ4v) is 1.44. The summed E-state index contributed by atoms with van der Waals surface area (Å²) in [6.07, 6.45) is 3.46. The summed E-state index contributed by atoms with van der Waals surface area (Å²) in [4.78, 5) is 15.9. The van der Waals surface area contributed by atoms with Crippen LogP contribution in [0.4, 0.5) is 0 Å². The van der Waals surface area contributed by atoms with Gasteiger partial charge in [-0.1, -0.05) is 11.8 Å². The molecule has 0 aromatic carbocycles. The van der Waals surface area contributed by atoms with Gasteiger partial charge in [0.15, 0.2) is 0 Å². The number of amides is 1. The van der Waals surface area contributed by atoms with E-state index in [2.05, 4.69) is 22.1 Å². The van der Waals surface area contributed by atoms with E-state index < -0.39 is 0 Å². The van der Waals surface area contributed by atoms with Crippen LogP contribution in [0.3, 0.4) is 0 Å². The number of ether oxygens (including phenoxy) is 2. The zero-order valence-electron chi connectivity index (χ0n) is 12.1. The third-order valence-electron chi connectivity index (χ3n) is 2.43. The van der Waals surface area contributed by atoms with Crippen LogP contribution in [0.1, 0.15) is 22.3 Å². The number of aliphatic hydroxyl groups is 1. The monoisotopic (exact) mass is 292 g/mol. The van der Waals surface area contributed by atoms with E-state index in [4.69, 9.17) is 14.6 Å². The Bertz CT molecular complexity index is 494. The van der Waals surface area contributed by atoms with E-state index in [-0.39, 0.29) is 12.5 Å². The molecule has 0 fully saturated rings. The molecule has 0 atom stereocenters. The van der Waals surface area contributed by atoms with E-state index in [0.29, 0.717) is 43.9 Å². The summed E-state index contributed by atoms with van der Waals surface area (Å²) < 4.78 is 10.1. The van der Waals surface area contributed by atoms with Crippen molar-refractivity contribution in [1.82, 2.24) is 10.3 Å². The molecular formula is C15H20N2O4. The number of methoxy groups -OCH3 is 1. The molecule has 1 amide bonds. The molecule has 0 saturated heterocycles. The van der Waals surface area contributed by atoms with Gasteiger partial charge in [-0.15, -0.1) is 0 Å². The maximum absolute atomic E-state index is 11.9. The van der Waals surface area contributed by atoms with Crippen molar-refractivity contribution < 1.29 is 19.4 Å². The number of nitrogens with zero attached hydrogens (tertiary/aromatic N) is 1. The highest BCUT2D eigenvalue weighted by Gasteiger charge is 2.05. The van der Waals surface area contributed by atoms with Gasteiger partial charge in [-0.3, -0.25) is 9.78 Å². The lowest BCUT2D eigenvalue weighted by atomic mass is 10.2. The van der Waals surface area contributed by atoms with Crippen LogP contribution in [0, 0.1) is 11.8 Å². The molecule has 0 aliphatic carbocycles. The van der Waals surface area contributed by atoms with E-state index in [0.717, 1.165) is 0 Å². The van der Waals surface area contributed by atoms with Crippen LogP contribution >= 0.6 is 0 Å². The highest BCUT2D eigenvalue weighted by molar-refractivity contribution is 5.94. The Morgan fingerprint density at radius 1 is 1.38 bits per heavy atom. The molecule has 1 heterocycles.